The minimum atomic E-state index is -0.250. The molecule has 6 aromatic carbocycles. The van der Waals surface area contributed by atoms with Gasteiger partial charge in [0.15, 0.2) is 0 Å². The Morgan fingerprint density at radius 3 is 1.50 bits per heavy atom. The summed E-state index contributed by atoms with van der Waals surface area (Å²) in [5.41, 5.74) is 9.82. The summed E-state index contributed by atoms with van der Waals surface area (Å²) in [7, 11) is 0. The maximum absolute atomic E-state index is 3.81. The average molecular weight is 629 g/mol. The van der Waals surface area contributed by atoms with Crippen LogP contribution >= 0.6 is 0 Å². The van der Waals surface area contributed by atoms with Crippen molar-refractivity contribution in [3.05, 3.63) is 192 Å². The fourth-order valence-electron chi connectivity index (χ4n) is 6.76. The molecule has 2 heteroatoms. The number of hydrogen-bond acceptors (Lipinski definition) is 2. The van der Waals surface area contributed by atoms with E-state index >= 15 is 0 Å². The second-order valence-electron chi connectivity index (χ2n) is 14.1. The van der Waals surface area contributed by atoms with Crippen LogP contribution in [0, 0.1) is 0 Å². The van der Waals surface area contributed by atoms with Crippen molar-refractivity contribution >= 4 is 22.7 Å². The Morgan fingerprint density at radius 2 is 0.958 bits per heavy atom. The lowest BCUT2D eigenvalue weighted by Gasteiger charge is -2.31. The quantitative estimate of drug-likeness (QED) is 0.137. The van der Waals surface area contributed by atoms with Crippen LogP contribution in [-0.2, 0) is 17.4 Å². The molecule has 0 fully saturated rings. The molecule has 6 rings (SSSR count). The standard InChI is InChI=1S/C46H48N2/c1-45(2,34-33-38(37-19-11-6-12-20-37)35-36-17-9-5-10-18-36)39-25-29-41(30-26-39)47-46(3,4)40-27-31-44(32-28-40)48(42-21-13-7-14-22-42)43-23-15-8-16-24-43/h5-32,38,47H,33-35H2,1-4H3. The average Bonchev–Trinajstić information content (AvgIpc) is 3.12. The predicted octanol–water partition coefficient (Wildman–Crippen LogP) is 12.6. The molecule has 6 aromatic rings. The summed E-state index contributed by atoms with van der Waals surface area (Å²) < 4.78 is 0. The van der Waals surface area contributed by atoms with Crippen LogP contribution in [0.2, 0.25) is 0 Å². The van der Waals surface area contributed by atoms with Gasteiger partial charge in [0.25, 0.3) is 0 Å². The van der Waals surface area contributed by atoms with E-state index in [0.29, 0.717) is 5.92 Å². The molecule has 0 amide bonds. The van der Waals surface area contributed by atoms with E-state index in [-0.39, 0.29) is 11.0 Å². The zero-order valence-corrected chi connectivity index (χ0v) is 28.8. The minimum absolute atomic E-state index is 0.0664. The number of rotatable bonds is 13. The fourth-order valence-corrected chi connectivity index (χ4v) is 6.76. The van der Waals surface area contributed by atoms with Gasteiger partial charge in [-0.1, -0.05) is 135 Å². The molecule has 1 N–H and O–H groups in total. The number of para-hydroxylation sites is 2. The number of nitrogens with one attached hydrogen (secondary N) is 1. The smallest absolute Gasteiger partial charge is 0.0569 e. The molecular weight excluding hydrogens is 581 g/mol. The fraction of sp³-hybridized carbons (Fsp3) is 0.217. The zero-order chi connectivity index (χ0) is 33.4. The minimum Gasteiger partial charge on any atom is -0.376 e. The summed E-state index contributed by atoms with van der Waals surface area (Å²) in [5, 5.41) is 3.81. The molecule has 48 heavy (non-hydrogen) atoms. The highest BCUT2D eigenvalue weighted by Crippen LogP contribution is 2.37. The van der Waals surface area contributed by atoms with Gasteiger partial charge in [0, 0.05) is 22.7 Å². The summed E-state index contributed by atoms with van der Waals surface area (Å²) in [5.74, 6) is 0.494. The largest absolute Gasteiger partial charge is 0.376 e. The first-order chi connectivity index (χ1) is 23.3. The first-order valence-corrected chi connectivity index (χ1v) is 17.3. The Kier molecular flexibility index (Phi) is 10.1. The van der Waals surface area contributed by atoms with Crippen molar-refractivity contribution in [2.24, 2.45) is 0 Å². The predicted molar refractivity (Wildman–Crippen MR) is 206 cm³/mol. The molecule has 1 atom stereocenters. The van der Waals surface area contributed by atoms with E-state index in [2.05, 4.69) is 208 Å². The molecule has 0 aliphatic heterocycles. The van der Waals surface area contributed by atoms with Gasteiger partial charge in [-0.15, -0.1) is 0 Å². The first kappa shape index (κ1) is 32.8. The van der Waals surface area contributed by atoms with E-state index in [1.807, 2.05) is 0 Å². The molecule has 0 saturated carbocycles. The lowest BCUT2D eigenvalue weighted by atomic mass is 9.76. The van der Waals surface area contributed by atoms with Crippen molar-refractivity contribution in [1.29, 1.82) is 0 Å². The van der Waals surface area contributed by atoms with Gasteiger partial charge in [-0.25, -0.2) is 0 Å². The Morgan fingerprint density at radius 1 is 0.500 bits per heavy atom. The van der Waals surface area contributed by atoms with Crippen LogP contribution in [-0.4, -0.2) is 0 Å². The number of benzene rings is 6. The van der Waals surface area contributed by atoms with Crippen LogP contribution < -0.4 is 10.2 Å². The number of anilines is 4. The second kappa shape index (κ2) is 14.8. The van der Waals surface area contributed by atoms with Crippen LogP contribution in [0.1, 0.15) is 68.7 Å². The first-order valence-electron chi connectivity index (χ1n) is 17.3. The van der Waals surface area contributed by atoms with Crippen LogP contribution in [0.5, 0.6) is 0 Å². The Labute approximate surface area is 288 Å². The van der Waals surface area contributed by atoms with Gasteiger partial charge in [0.2, 0.25) is 0 Å². The molecular formula is C46H48N2. The number of nitrogens with zero attached hydrogens (tertiary/aromatic N) is 1. The maximum atomic E-state index is 3.81. The van der Waals surface area contributed by atoms with Crippen molar-refractivity contribution in [2.75, 3.05) is 10.2 Å². The molecule has 0 radical (unpaired) electrons. The van der Waals surface area contributed by atoms with Crippen LogP contribution in [0.15, 0.2) is 170 Å². The van der Waals surface area contributed by atoms with Crippen molar-refractivity contribution in [3.8, 4) is 0 Å². The highest BCUT2D eigenvalue weighted by Gasteiger charge is 2.25. The molecule has 0 aliphatic rings. The Balaban J connectivity index is 1.13. The van der Waals surface area contributed by atoms with Gasteiger partial charge in [0.05, 0.1) is 5.54 Å². The van der Waals surface area contributed by atoms with Crippen molar-refractivity contribution in [3.63, 3.8) is 0 Å². The third kappa shape index (κ3) is 8.06. The van der Waals surface area contributed by atoms with Crippen LogP contribution in [0.3, 0.4) is 0 Å². The maximum Gasteiger partial charge on any atom is 0.0569 e. The van der Waals surface area contributed by atoms with E-state index in [0.717, 1.165) is 42.0 Å². The molecule has 0 aromatic heterocycles. The highest BCUT2D eigenvalue weighted by atomic mass is 15.1. The molecule has 242 valence electrons. The zero-order valence-electron chi connectivity index (χ0n) is 28.8. The molecule has 0 saturated heterocycles. The second-order valence-corrected chi connectivity index (χ2v) is 14.1. The molecule has 0 heterocycles. The summed E-state index contributed by atoms with van der Waals surface area (Å²) in [6.07, 6.45) is 3.32. The molecule has 2 nitrogen and oxygen atoms in total. The highest BCUT2D eigenvalue weighted by molar-refractivity contribution is 5.76. The number of hydrogen-bond donors (Lipinski definition) is 1. The lowest BCUT2D eigenvalue weighted by molar-refractivity contribution is 0.429. The lowest BCUT2D eigenvalue weighted by Crippen LogP contribution is -2.28. The van der Waals surface area contributed by atoms with Crippen molar-refractivity contribution in [2.45, 2.75) is 63.8 Å². The van der Waals surface area contributed by atoms with E-state index in [4.69, 9.17) is 0 Å². The van der Waals surface area contributed by atoms with Gasteiger partial charge in [-0.05, 0) is 115 Å². The van der Waals surface area contributed by atoms with Crippen molar-refractivity contribution < 1.29 is 0 Å². The summed E-state index contributed by atoms with van der Waals surface area (Å²) in [6, 6.07) is 61.1. The molecule has 0 spiro atoms. The monoisotopic (exact) mass is 628 g/mol. The van der Waals surface area contributed by atoms with E-state index < -0.39 is 0 Å². The van der Waals surface area contributed by atoms with Gasteiger partial charge < -0.3 is 10.2 Å². The Bertz CT molecular complexity index is 1790. The molecule has 1 unspecified atom stereocenters. The summed E-state index contributed by atoms with van der Waals surface area (Å²) in [4.78, 5) is 2.30. The van der Waals surface area contributed by atoms with Crippen molar-refractivity contribution in [1.82, 2.24) is 0 Å². The molecule has 0 bridgehead atoms. The third-order valence-corrected chi connectivity index (χ3v) is 9.71. The SMILES string of the molecule is CC(C)(CCC(Cc1ccccc1)c1ccccc1)c1ccc(NC(C)(C)c2ccc(N(c3ccccc3)c3ccccc3)cc2)cc1. The Hall–Kier alpha value is -5.08. The summed E-state index contributed by atoms with van der Waals surface area (Å²) >= 11 is 0. The topological polar surface area (TPSA) is 15.3 Å². The van der Waals surface area contributed by atoms with Gasteiger partial charge in [-0.2, -0.15) is 0 Å². The van der Waals surface area contributed by atoms with E-state index in [9.17, 15) is 0 Å². The van der Waals surface area contributed by atoms with Crippen LogP contribution in [0.4, 0.5) is 22.7 Å². The normalized spacial score (nSPS) is 12.3. The van der Waals surface area contributed by atoms with Gasteiger partial charge in [0.1, 0.15) is 0 Å². The van der Waals surface area contributed by atoms with Gasteiger partial charge >= 0.3 is 0 Å². The summed E-state index contributed by atoms with van der Waals surface area (Å²) in [6.45, 7) is 9.28. The van der Waals surface area contributed by atoms with Crippen LogP contribution in [0.25, 0.3) is 0 Å². The van der Waals surface area contributed by atoms with E-state index in [1.54, 1.807) is 0 Å². The third-order valence-electron chi connectivity index (χ3n) is 9.71. The molecule has 0 aliphatic carbocycles. The van der Waals surface area contributed by atoms with E-state index in [1.165, 1.54) is 22.3 Å². The van der Waals surface area contributed by atoms with Gasteiger partial charge in [-0.3, -0.25) is 0 Å².